The zero-order chi connectivity index (χ0) is 14.0. The molecule has 106 valence electrons. The van der Waals surface area contributed by atoms with Gasteiger partial charge in [-0.05, 0) is 45.9 Å². The van der Waals surface area contributed by atoms with Crippen LogP contribution in [0.25, 0.3) is 0 Å². The summed E-state index contributed by atoms with van der Waals surface area (Å²) in [6.45, 7) is 6.21. The Morgan fingerprint density at radius 2 is 1.74 bits per heavy atom. The van der Waals surface area contributed by atoms with Crippen LogP contribution < -0.4 is 5.32 Å². The quantitative estimate of drug-likeness (QED) is 0.783. The van der Waals surface area contributed by atoms with E-state index in [1.165, 1.54) is 0 Å². The van der Waals surface area contributed by atoms with Crippen LogP contribution in [0.3, 0.4) is 0 Å². The van der Waals surface area contributed by atoms with E-state index in [9.17, 15) is 10.2 Å². The first-order valence-electron chi connectivity index (χ1n) is 6.91. The van der Waals surface area contributed by atoms with E-state index >= 15 is 0 Å². The van der Waals surface area contributed by atoms with Gasteiger partial charge in [-0.25, -0.2) is 0 Å². The molecule has 1 aliphatic heterocycles. The summed E-state index contributed by atoms with van der Waals surface area (Å²) in [5, 5.41) is 23.3. The maximum atomic E-state index is 9.94. The average Bonchev–Trinajstić information content (AvgIpc) is 2.39. The molecule has 1 saturated heterocycles. The van der Waals surface area contributed by atoms with E-state index in [0.29, 0.717) is 5.56 Å². The molecule has 0 bridgehead atoms. The summed E-state index contributed by atoms with van der Waals surface area (Å²) in [5.74, 6) is 0.351. The summed E-state index contributed by atoms with van der Waals surface area (Å²) in [4.78, 5) is 2.31. The van der Waals surface area contributed by atoms with Crippen LogP contribution in [0, 0.1) is 0 Å². The Hall–Kier alpha value is -1.26. The van der Waals surface area contributed by atoms with E-state index in [2.05, 4.69) is 17.1 Å². The number of likely N-dealkylation sites (tertiary alicyclic amines) is 1. The summed E-state index contributed by atoms with van der Waals surface area (Å²) in [6, 6.07) is 4.96. The molecule has 0 aliphatic carbocycles. The third-order valence-electron chi connectivity index (χ3n) is 4.53. The molecule has 4 heteroatoms. The van der Waals surface area contributed by atoms with Crippen molar-refractivity contribution in [2.45, 2.75) is 38.3 Å². The van der Waals surface area contributed by atoms with Gasteiger partial charge in [-0.2, -0.15) is 0 Å². The van der Waals surface area contributed by atoms with E-state index in [1.807, 2.05) is 14.0 Å². The number of piperidine rings is 1. The first-order chi connectivity index (χ1) is 8.97. The van der Waals surface area contributed by atoms with Crippen molar-refractivity contribution in [2.75, 3.05) is 20.1 Å². The molecule has 1 aromatic carbocycles. The zero-order valence-corrected chi connectivity index (χ0v) is 12.0. The lowest BCUT2D eigenvalue weighted by atomic mass is 9.88. The molecule has 1 heterocycles. The first kappa shape index (κ1) is 14.2. The third-order valence-corrected chi connectivity index (χ3v) is 4.53. The molecule has 0 saturated carbocycles. The molecule has 1 aliphatic rings. The fourth-order valence-corrected chi connectivity index (χ4v) is 2.81. The van der Waals surface area contributed by atoms with Crippen LogP contribution in [-0.2, 0) is 0 Å². The lowest BCUT2D eigenvalue weighted by Crippen LogP contribution is -2.50. The second kappa shape index (κ2) is 5.39. The van der Waals surface area contributed by atoms with E-state index in [4.69, 9.17) is 0 Å². The first-order valence-corrected chi connectivity index (χ1v) is 6.91. The minimum Gasteiger partial charge on any atom is -0.507 e. The highest BCUT2D eigenvalue weighted by molar-refractivity contribution is 5.45. The molecule has 1 atom stereocenters. The number of nitrogens with one attached hydrogen (secondary N) is 1. The van der Waals surface area contributed by atoms with Gasteiger partial charge in [0.05, 0.1) is 5.56 Å². The Balaban J connectivity index is 2.12. The molecule has 2 rings (SSSR count). The highest BCUT2D eigenvalue weighted by Gasteiger charge is 2.31. The number of hydrogen-bond acceptors (Lipinski definition) is 4. The average molecular weight is 264 g/mol. The van der Waals surface area contributed by atoms with Crippen molar-refractivity contribution in [3.8, 4) is 11.5 Å². The molecule has 4 nitrogen and oxygen atoms in total. The maximum absolute atomic E-state index is 9.94. The Morgan fingerprint density at radius 1 is 1.21 bits per heavy atom. The SMILES string of the molecule is CNC1(C)CCN(C(C)c2c(O)cccc2O)CC1. The number of nitrogens with zero attached hydrogens (tertiary/aromatic N) is 1. The highest BCUT2D eigenvalue weighted by atomic mass is 16.3. The topological polar surface area (TPSA) is 55.7 Å². The second-order valence-corrected chi connectivity index (χ2v) is 5.73. The van der Waals surface area contributed by atoms with Gasteiger partial charge in [0.15, 0.2) is 0 Å². The Kier molecular flexibility index (Phi) is 4.02. The molecule has 19 heavy (non-hydrogen) atoms. The standard InChI is InChI=1S/C15H24N2O2/c1-11(14-12(18)5-4-6-13(14)19)17-9-7-15(2,16-3)8-10-17/h4-6,11,16,18-19H,7-10H2,1-3H3. The van der Waals surface area contributed by atoms with Gasteiger partial charge >= 0.3 is 0 Å². The van der Waals surface area contributed by atoms with Gasteiger partial charge < -0.3 is 15.5 Å². The van der Waals surface area contributed by atoms with Gasteiger partial charge in [0, 0.05) is 24.7 Å². The normalized spacial score (nSPS) is 21.2. The molecule has 0 radical (unpaired) electrons. The predicted molar refractivity (Wildman–Crippen MR) is 76.5 cm³/mol. The van der Waals surface area contributed by atoms with E-state index < -0.39 is 0 Å². The summed E-state index contributed by atoms with van der Waals surface area (Å²) in [6.07, 6.45) is 2.14. The monoisotopic (exact) mass is 264 g/mol. The largest absolute Gasteiger partial charge is 0.507 e. The van der Waals surface area contributed by atoms with Crippen molar-refractivity contribution in [3.63, 3.8) is 0 Å². The van der Waals surface area contributed by atoms with Crippen LogP contribution in [0.2, 0.25) is 0 Å². The molecular weight excluding hydrogens is 240 g/mol. The number of hydrogen-bond donors (Lipinski definition) is 3. The van der Waals surface area contributed by atoms with E-state index in [1.54, 1.807) is 18.2 Å². The Bertz CT molecular complexity index is 420. The fourth-order valence-electron chi connectivity index (χ4n) is 2.81. The molecule has 3 N–H and O–H groups in total. The van der Waals surface area contributed by atoms with Crippen molar-refractivity contribution < 1.29 is 10.2 Å². The molecule has 1 aromatic rings. The zero-order valence-electron chi connectivity index (χ0n) is 12.0. The van der Waals surface area contributed by atoms with Crippen LogP contribution in [0.15, 0.2) is 18.2 Å². The van der Waals surface area contributed by atoms with E-state index in [0.717, 1.165) is 25.9 Å². The van der Waals surface area contributed by atoms with Gasteiger partial charge in [-0.3, -0.25) is 4.90 Å². The number of benzene rings is 1. The second-order valence-electron chi connectivity index (χ2n) is 5.73. The lowest BCUT2D eigenvalue weighted by molar-refractivity contribution is 0.115. The van der Waals surface area contributed by atoms with Gasteiger partial charge in [0.1, 0.15) is 11.5 Å². The summed E-state index contributed by atoms with van der Waals surface area (Å²) < 4.78 is 0. The molecule has 0 aromatic heterocycles. The van der Waals surface area contributed by atoms with Gasteiger partial charge in [0.25, 0.3) is 0 Å². The summed E-state index contributed by atoms with van der Waals surface area (Å²) in [7, 11) is 2.01. The molecular formula is C15H24N2O2. The van der Waals surface area contributed by atoms with Crippen molar-refractivity contribution in [2.24, 2.45) is 0 Å². The van der Waals surface area contributed by atoms with Crippen LogP contribution in [-0.4, -0.2) is 40.8 Å². The van der Waals surface area contributed by atoms with E-state index in [-0.39, 0.29) is 23.1 Å². The summed E-state index contributed by atoms with van der Waals surface area (Å²) in [5.41, 5.74) is 0.840. The molecule has 1 fully saturated rings. The number of phenolic OH excluding ortho intramolecular Hbond substituents is 2. The van der Waals surface area contributed by atoms with Crippen molar-refractivity contribution in [1.29, 1.82) is 0 Å². The molecule has 1 unspecified atom stereocenters. The number of aromatic hydroxyl groups is 2. The fraction of sp³-hybridized carbons (Fsp3) is 0.600. The van der Waals surface area contributed by atoms with Crippen molar-refractivity contribution in [1.82, 2.24) is 10.2 Å². The van der Waals surface area contributed by atoms with Crippen molar-refractivity contribution >= 4 is 0 Å². The maximum Gasteiger partial charge on any atom is 0.124 e. The number of rotatable bonds is 3. The number of phenols is 2. The molecule has 0 amide bonds. The van der Waals surface area contributed by atoms with Crippen LogP contribution in [0.1, 0.15) is 38.3 Å². The minimum absolute atomic E-state index is 0.0302. The summed E-state index contributed by atoms with van der Waals surface area (Å²) >= 11 is 0. The van der Waals surface area contributed by atoms with Crippen LogP contribution in [0.5, 0.6) is 11.5 Å². The van der Waals surface area contributed by atoms with Crippen LogP contribution >= 0.6 is 0 Å². The smallest absolute Gasteiger partial charge is 0.124 e. The van der Waals surface area contributed by atoms with Gasteiger partial charge in [-0.1, -0.05) is 6.07 Å². The van der Waals surface area contributed by atoms with Crippen LogP contribution in [0.4, 0.5) is 0 Å². The third kappa shape index (κ3) is 2.85. The van der Waals surface area contributed by atoms with Crippen molar-refractivity contribution in [3.05, 3.63) is 23.8 Å². The molecule has 0 spiro atoms. The van der Waals surface area contributed by atoms with Gasteiger partial charge in [-0.15, -0.1) is 0 Å². The Morgan fingerprint density at radius 3 is 2.21 bits per heavy atom. The Labute approximate surface area is 115 Å². The van der Waals surface area contributed by atoms with Gasteiger partial charge in [0.2, 0.25) is 0 Å². The minimum atomic E-state index is 0.0302. The highest BCUT2D eigenvalue weighted by Crippen LogP contribution is 2.37. The predicted octanol–water partition coefficient (Wildman–Crippen LogP) is 2.23. The lowest BCUT2D eigenvalue weighted by Gasteiger charge is -2.42.